The largest absolute Gasteiger partial charge is 0.493 e. The van der Waals surface area contributed by atoms with Crippen molar-refractivity contribution in [3.05, 3.63) is 28.8 Å². The molecule has 0 saturated heterocycles. The van der Waals surface area contributed by atoms with Crippen LogP contribution in [-0.4, -0.2) is 17.7 Å². The van der Waals surface area contributed by atoms with E-state index in [1.165, 1.54) is 6.42 Å². The summed E-state index contributed by atoms with van der Waals surface area (Å²) in [6.45, 7) is 2.67. The molecule has 0 radical (unpaired) electrons. The lowest BCUT2D eigenvalue weighted by atomic mass is 10.2. The number of carboxylic acids is 1. The number of hydrogen-bond acceptors (Lipinski definition) is 2. The van der Waals surface area contributed by atoms with Gasteiger partial charge in [-0.05, 0) is 18.6 Å². The van der Waals surface area contributed by atoms with Crippen molar-refractivity contribution in [1.29, 1.82) is 0 Å². The molecule has 0 saturated carbocycles. The van der Waals surface area contributed by atoms with Crippen LogP contribution >= 0.6 is 11.6 Å². The lowest BCUT2D eigenvalue weighted by molar-refractivity contribution is 0.0692. The fourth-order valence-electron chi connectivity index (χ4n) is 1.54. The number of aromatic carboxylic acids is 1. The molecule has 0 aliphatic rings. The Kier molecular flexibility index (Phi) is 5.84. The molecule has 1 aromatic rings. The smallest absolute Gasteiger partial charge is 0.341 e. The summed E-state index contributed by atoms with van der Waals surface area (Å²) in [6, 6.07) is 4.88. The van der Waals surface area contributed by atoms with Gasteiger partial charge in [0, 0.05) is 0 Å². The maximum atomic E-state index is 11.0. The van der Waals surface area contributed by atoms with Crippen molar-refractivity contribution in [2.45, 2.75) is 32.6 Å². The van der Waals surface area contributed by atoms with Gasteiger partial charge in [0.25, 0.3) is 0 Å². The van der Waals surface area contributed by atoms with Gasteiger partial charge < -0.3 is 9.84 Å². The predicted molar refractivity (Wildman–Crippen MR) is 68.0 cm³/mol. The lowest BCUT2D eigenvalue weighted by Crippen LogP contribution is -2.05. The van der Waals surface area contributed by atoms with Gasteiger partial charge in [-0.3, -0.25) is 0 Å². The van der Waals surface area contributed by atoms with Gasteiger partial charge in [-0.25, -0.2) is 4.79 Å². The molecule has 0 aliphatic heterocycles. The van der Waals surface area contributed by atoms with Crippen molar-refractivity contribution in [2.75, 3.05) is 6.61 Å². The summed E-state index contributed by atoms with van der Waals surface area (Å²) < 4.78 is 5.46. The van der Waals surface area contributed by atoms with Crippen molar-refractivity contribution < 1.29 is 14.6 Å². The third kappa shape index (κ3) is 4.27. The highest BCUT2D eigenvalue weighted by Gasteiger charge is 2.15. The van der Waals surface area contributed by atoms with Crippen molar-refractivity contribution in [3.8, 4) is 5.75 Å². The predicted octanol–water partition coefficient (Wildman–Crippen LogP) is 4.00. The summed E-state index contributed by atoms with van der Waals surface area (Å²) in [5.41, 5.74) is 0.0460. The van der Waals surface area contributed by atoms with Crippen molar-refractivity contribution in [3.63, 3.8) is 0 Å². The van der Waals surface area contributed by atoms with Gasteiger partial charge in [0.2, 0.25) is 0 Å². The Morgan fingerprint density at radius 2 is 2.12 bits per heavy atom. The Labute approximate surface area is 106 Å². The molecule has 94 valence electrons. The number of hydrogen-bond donors (Lipinski definition) is 1. The van der Waals surface area contributed by atoms with E-state index < -0.39 is 5.97 Å². The van der Waals surface area contributed by atoms with Crippen molar-refractivity contribution >= 4 is 17.6 Å². The maximum absolute atomic E-state index is 11.0. The van der Waals surface area contributed by atoms with Crippen LogP contribution in [0.3, 0.4) is 0 Å². The van der Waals surface area contributed by atoms with Gasteiger partial charge >= 0.3 is 5.97 Å². The van der Waals surface area contributed by atoms with Crippen LogP contribution in [0.1, 0.15) is 43.0 Å². The zero-order valence-electron chi connectivity index (χ0n) is 9.91. The van der Waals surface area contributed by atoms with Crippen LogP contribution < -0.4 is 4.74 Å². The Balaban J connectivity index is 2.58. The number of carboxylic acid groups (broad SMARTS) is 1. The second-order valence-electron chi connectivity index (χ2n) is 3.83. The second kappa shape index (κ2) is 7.17. The summed E-state index contributed by atoms with van der Waals surface area (Å²) in [7, 11) is 0. The van der Waals surface area contributed by atoms with Crippen molar-refractivity contribution in [1.82, 2.24) is 0 Å². The van der Waals surface area contributed by atoms with Gasteiger partial charge in [0.15, 0.2) is 0 Å². The van der Waals surface area contributed by atoms with Gasteiger partial charge in [-0.15, -0.1) is 0 Å². The molecule has 0 bridgehead atoms. The Morgan fingerprint density at radius 3 is 2.76 bits per heavy atom. The lowest BCUT2D eigenvalue weighted by Gasteiger charge is -2.09. The SMILES string of the molecule is CCCCCCOc1cccc(Cl)c1C(=O)O. The zero-order valence-corrected chi connectivity index (χ0v) is 10.7. The van der Waals surface area contributed by atoms with E-state index in [2.05, 4.69) is 6.92 Å². The molecule has 0 atom stereocenters. The molecule has 0 aromatic heterocycles. The van der Waals surface area contributed by atoms with Crippen LogP contribution in [0.25, 0.3) is 0 Å². The van der Waals surface area contributed by atoms with Crippen molar-refractivity contribution in [2.24, 2.45) is 0 Å². The van der Waals surface area contributed by atoms with E-state index in [1.807, 2.05) is 0 Å². The molecule has 1 rings (SSSR count). The first-order chi connectivity index (χ1) is 8.16. The molecular formula is C13H17ClO3. The number of ether oxygens (including phenoxy) is 1. The summed E-state index contributed by atoms with van der Waals surface area (Å²) in [6.07, 6.45) is 4.36. The summed E-state index contributed by atoms with van der Waals surface area (Å²) in [4.78, 5) is 11.0. The third-order valence-electron chi connectivity index (χ3n) is 2.44. The van der Waals surface area contributed by atoms with Crippen LogP contribution in [0.5, 0.6) is 5.75 Å². The first-order valence-electron chi connectivity index (χ1n) is 5.81. The molecule has 0 amide bonds. The van der Waals surface area contributed by atoms with E-state index in [0.29, 0.717) is 12.4 Å². The third-order valence-corrected chi connectivity index (χ3v) is 2.76. The summed E-state index contributed by atoms with van der Waals surface area (Å²) in [5, 5.41) is 9.23. The number of benzene rings is 1. The minimum absolute atomic E-state index is 0.0460. The van der Waals surface area contributed by atoms with Gasteiger partial charge in [0.05, 0.1) is 11.6 Å². The second-order valence-corrected chi connectivity index (χ2v) is 4.23. The van der Waals surface area contributed by atoms with E-state index in [4.69, 9.17) is 21.4 Å². The highest BCUT2D eigenvalue weighted by atomic mass is 35.5. The number of halogens is 1. The Morgan fingerprint density at radius 1 is 1.35 bits per heavy atom. The van der Waals surface area contributed by atoms with E-state index in [0.717, 1.165) is 19.3 Å². The average Bonchev–Trinajstić information content (AvgIpc) is 2.28. The fraction of sp³-hybridized carbons (Fsp3) is 0.462. The summed E-state index contributed by atoms with van der Waals surface area (Å²) >= 11 is 5.83. The van der Waals surface area contributed by atoms with Gasteiger partial charge in [-0.2, -0.15) is 0 Å². The van der Waals surface area contributed by atoms with Crippen LogP contribution in [0, 0.1) is 0 Å². The van der Waals surface area contributed by atoms with Gasteiger partial charge in [-0.1, -0.05) is 43.9 Å². The van der Waals surface area contributed by atoms with Crippen LogP contribution in [0.2, 0.25) is 5.02 Å². The first kappa shape index (κ1) is 13.8. The van der Waals surface area contributed by atoms with E-state index in [9.17, 15) is 4.79 Å². The van der Waals surface area contributed by atoms with E-state index in [1.54, 1.807) is 18.2 Å². The molecule has 0 heterocycles. The van der Waals surface area contributed by atoms with E-state index in [-0.39, 0.29) is 10.6 Å². The first-order valence-corrected chi connectivity index (χ1v) is 6.19. The van der Waals surface area contributed by atoms with Crippen LogP contribution in [0.4, 0.5) is 0 Å². The Bertz CT molecular complexity index is 377. The normalized spacial score (nSPS) is 10.2. The number of unbranched alkanes of at least 4 members (excludes halogenated alkanes) is 3. The molecular weight excluding hydrogens is 240 g/mol. The molecule has 1 aromatic carbocycles. The minimum Gasteiger partial charge on any atom is -0.493 e. The molecule has 0 fully saturated rings. The van der Waals surface area contributed by atoms with Crippen LogP contribution in [0.15, 0.2) is 18.2 Å². The maximum Gasteiger partial charge on any atom is 0.341 e. The fourth-order valence-corrected chi connectivity index (χ4v) is 1.79. The average molecular weight is 257 g/mol. The molecule has 0 aliphatic carbocycles. The van der Waals surface area contributed by atoms with Crippen LogP contribution in [-0.2, 0) is 0 Å². The number of rotatable bonds is 7. The topological polar surface area (TPSA) is 46.5 Å². The van der Waals surface area contributed by atoms with Gasteiger partial charge in [0.1, 0.15) is 11.3 Å². The van der Waals surface area contributed by atoms with E-state index >= 15 is 0 Å². The molecule has 3 nitrogen and oxygen atoms in total. The minimum atomic E-state index is -1.06. The summed E-state index contributed by atoms with van der Waals surface area (Å²) in [5.74, 6) is -0.708. The molecule has 4 heteroatoms. The highest BCUT2D eigenvalue weighted by molar-refractivity contribution is 6.33. The molecule has 1 N–H and O–H groups in total. The quantitative estimate of drug-likeness (QED) is 0.750. The molecule has 0 spiro atoms. The number of carbonyl (C=O) groups is 1. The Hall–Kier alpha value is -1.22. The zero-order chi connectivity index (χ0) is 12.7. The monoisotopic (exact) mass is 256 g/mol. The standard InChI is InChI=1S/C13H17ClO3/c1-2-3-4-5-9-17-11-8-6-7-10(14)12(11)13(15)16/h6-8H,2-5,9H2,1H3,(H,15,16). The highest BCUT2D eigenvalue weighted by Crippen LogP contribution is 2.26. The molecule has 0 unspecified atom stereocenters. The molecule has 17 heavy (non-hydrogen) atoms.